The Morgan fingerprint density at radius 1 is 1.13 bits per heavy atom. The van der Waals surface area contributed by atoms with E-state index >= 15 is 0 Å². The number of carbonyl (C=O) groups is 1. The smallest absolute Gasteiger partial charge is 0.232 e. The quantitative estimate of drug-likeness (QED) is 0.475. The first-order valence-corrected chi connectivity index (χ1v) is 10.7. The Morgan fingerprint density at radius 2 is 2.00 bits per heavy atom. The molecule has 1 aliphatic rings. The van der Waals surface area contributed by atoms with E-state index in [9.17, 15) is 4.79 Å². The Hall–Kier alpha value is -3.48. The average Bonchev–Trinajstić information content (AvgIpc) is 3.49. The maximum atomic E-state index is 12.7. The van der Waals surface area contributed by atoms with Gasteiger partial charge in [-0.25, -0.2) is 4.98 Å². The second kappa shape index (κ2) is 7.65. The number of anilines is 1. The van der Waals surface area contributed by atoms with Crippen LogP contribution in [0.5, 0.6) is 0 Å². The summed E-state index contributed by atoms with van der Waals surface area (Å²) in [5, 5.41) is 4.18. The summed E-state index contributed by atoms with van der Waals surface area (Å²) in [4.78, 5) is 23.6. The predicted octanol–water partition coefficient (Wildman–Crippen LogP) is 4.63. The largest absolute Gasteiger partial charge is 0.339 e. The molecule has 0 spiro atoms. The highest BCUT2D eigenvalue weighted by molar-refractivity contribution is 5.96. The van der Waals surface area contributed by atoms with E-state index in [0.717, 1.165) is 35.2 Å². The van der Waals surface area contributed by atoms with Crippen LogP contribution in [0.15, 0.2) is 47.2 Å². The van der Waals surface area contributed by atoms with Crippen LogP contribution in [0.25, 0.3) is 22.4 Å². The van der Waals surface area contributed by atoms with Crippen LogP contribution in [0.4, 0.5) is 5.69 Å². The fourth-order valence-electron chi connectivity index (χ4n) is 4.16. The Morgan fingerprint density at radius 3 is 2.81 bits per heavy atom. The van der Waals surface area contributed by atoms with Gasteiger partial charge in [-0.1, -0.05) is 18.1 Å². The van der Waals surface area contributed by atoms with Crippen molar-refractivity contribution in [1.82, 2.24) is 19.7 Å². The highest BCUT2D eigenvalue weighted by atomic mass is 16.5. The molecule has 2 aromatic heterocycles. The third-order valence-electron chi connectivity index (χ3n) is 6.06. The first-order chi connectivity index (χ1) is 15.0. The SMILES string of the molecule is CCCn1cnc2cc(-c3noc([C@H]4CC(=O)N(c5ccc(C)c(C)c5)C4)n3)ccc21. The van der Waals surface area contributed by atoms with Gasteiger partial charge in [-0.15, -0.1) is 0 Å². The number of aryl methyl sites for hydroxylation is 3. The Balaban J connectivity index is 1.37. The van der Waals surface area contributed by atoms with Crippen molar-refractivity contribution in [3.8, 4) is 11.4 Å². The molecule has 1 atom stereocenters. The van der Waals surface area contributed by atoms with Gasteiger partial charge in [-0.3, -0.25) is 4.79 Å². The van der Waals surface area contributed by atoms with Crippen molar-refractivity contribution >= 4 is 22.6 Å². The van der Waals surface area contributed by atoms with Crippen molar-refractivity contribution in [2.75, 3.05) is 11.4 Å². The van der Waals surface area contributed by atoms with Gasteiger partial charge in [0, 0.05) is 30.8 Å². The van der Waals surface area contributed by atoms with E-state index in [1.807, 2.05) is 41.6 Å². The number of imidazole rings is 1. The summed E-state index contributed by atoms with van der Waals surface area (Å²) < 4.78 is 7.71. The molecule has 0 unspecified atom stereocenters. The minimum Gasteiger partial charge on any atom is -0.339 e. The number of benzene rings is 2. The normalized spacial score (nSPS) is 16.5. The summed E-state index contributed by atoms with van der Waals surface area (Å²) in [6.07, 6.45) is 3.29. The van der Waals surface area contributed by atoms with Gasteiger partial charge < -0.3 is 14.0 Å². The molecule has 31 heavy (non-hydrogen) atoms. The van der Waals surface area contributed by atoms with Gasteiger partial charge in [0.1, 0.15) is 0 Å². The Kier molecular flexibility index (Phi) is 4.81. The van der Waals surface area contributed by atoms with Gasteiger partial charge in [-0.05, 0) is 61.7 Å². The van der Waals surface area contributed by atoms with Crippen LogP contribution in [-0.2, 0) is 11.3 Å². The monoisotopic (exact) mass is 415 g/mol. The second-order valence-corrected chi connectivity index (χ2v) is 8.27. The molecule has 1 fully saturated rings. The number of carbonyl (C=O) groups excluding carboxylic acids is 1. The molecule has 1 saturated heterocycles. The minimum atomic E-state index is -0.108. The van der Waals surface area contributed by atoms with Crippen LogP contribution in [0.2, 0.25) is 0 Å². The van der Waals surface area contributed by atoms with Crippen molar-refractivity contribution in [1.29, 1.82) is 0 Å². The van der Waals surface area contributed by atoms with Crippen molar-refractivity contribution in [2.24, 2.45) is 0 Å². The third-order valence-corrected chi connectivity index (χ3v) is 6.06. The lowest BCUT2D eigenvalue weighted by Gasteiger charge is -2.17. The second-order valence-electron chi connectivity index (χ2n) is 8.27. The van der Waals surface area contributed by atoms with Gasteiger partial charge in [0.2, 0.25) is 17.6 Å². The topological polar surface area (TPSA) is 77.0 Å². The lowest BCUT2D eigenvalue weighted by molar-refractivity contribution is -0.117. The lowest BCUT2D eigenvalue weighted by atomic mass is 10.1. The molecule has 7 nitrogen and oxygen atoms in total. The molecule has 5 rings (SSSR count). The molecule has 0 bridgehead atoms. The number of nitrogens with zero attached hydrogens (tertiary/aromatic N) is 5. The summed E-state index contributed by atoms with van der Waals surface area (Å²) >= 11 is 0. The molecule has 0 saturated carbocycles. The molecule has 0 radical (unpaired) electrons. The van der Waals surface area contributed by atoms with Crippen LogP contribution in [0, 0.1) is 13.8 Å². The molecule has 3 heterocycles. The first kappa shape index (κ1) is 19.5. The fraction of sp³-hybridized carbons (Fsp3) is 0.333. The molecule has 7 heteroatoms. The van der Waals surface area contributed by atoms with Crippen LogP contribution < -0.4 is 4.90 Å². The fourth-order valence-corrected chi connectivity index (χ4v) is 4.16. The van der Waals surface area contributed by atoms with Crippen molar-refractivity contribution in [3.05, 3.63) is 59.7 Å². The van der Waals surface area contributed by atoms with E-state index in [1.165, 1.54) is 11.1 Å². The molecule has 0 N–H and O–H groups in total. The van der Waals surface area contributed by atoms with Crippen LogP contribution in [0.3, 0.4) is 0 Å². The first-order valence-electron chi connectivity index (χ1n) is 10.7. The Labute approximate surface area is 180 Å². The predicted molar refractivity (Wildman–Crippen MR) is 119 cm³/mol. The molecule has 158 valence electrons. The van der Waals surface area contributed by atoms with E-state index in [1.54, 1.807) is 0 Å². The molecular formula is C24H25N5O2. The average molecular weight is 415 g/mol. The molecule has 2 aromatic carbocycles. The zero-order valence-electron chi connectivity index (χ0n) is 18.0. The van der Waals surface area contributed by atoms with Crippen LogP contribution >= 0.6 is 0 Å². The number of hydrogen-bond donors (Lipinski definition) is 0. The van der Waals surface area contributed by atoms with E-state index in [-0.39, 0.29) is 11.8 Å². The van der Waals surface area contributed by atoms with Crippen molar-refractivity contribution in [2.45, 2.75) is 46.1 Å². The number of aromatic nitrogens is 4. The third kappa shape index (κ3) is 3.50. The van der Waals surface area contributed by atoms with E-state index in [0.29, 0.717) is 24.7 Å². The zero-order chi connectivity index (χ0) is 21.5. The Bertz CT molecular complexity index is 1270. The molecule has 1 aliphatic heterocycles. The standard InChI is InChI=1S/C24H25N5O2/c1-4-9-28-14-25-20-11-17(6-8-21(20)28)23-26-24(31-27-23)18-12-22(30)29(13-18)19-7-5-15(2)16(3)10-19/h5-8,10-11,14,18H,4,9,12-13H2,1-3H3/t18-/m0/s1. The summed E-state index contributed by atoms with van der Waals surface area (Å²) in [6, 6.07) is 12.1. The van der Waals surface area contributed by atoms with Gasteiger partial charge in [0.05, 0.1) is 23.3 Å². The van der Waals surface area contributed by atoms with Gasteiger partial charge in [0.25, 0.3) is 0 Å². The molecule has 4 aromatic rings. The van der Waals surface area contributed by atoms with Gasteiger partial charge in [-0.2, -0.15) is 4.98 Å². The summed E-state index contributed by atoms with van der Waals surface area (Å²) in [7, 11) is 0. The van der Waals surface area contributed by atoms with E-state index in [2.05, 4.69) is 46.5 Å². The molecule has 1 amide bonds. The maximum Gasteiger partial charge on any atom is 0.232 e. The summed E-state index contributed by atoms with van der Waals surface area (Å²) in [5.41, 5.74) is 6.17. The highest BCUT2D eigenvalue weighted by Gasteiger charge is 2.35. The van der Waals surface area contributed by atoms with Crippen LogP contribution in [0.1, 0.15) is 42.7 Å². The minimum absolute atomic E-state index is 0.0795. The lowest BCUT2D eigenvalue weighted by Crippen LogP contribution is -2.24. The van der Waals surface area contributed by atoms with E-state index < -0.39 is 0 Å². The van der Waals surface area contributed by atoms with Gasteiger partial charge in [0.15, 0.2) is 0 Å². The van der Waals surface area contributed by atoms with E-state index in [4.69, 9.17) is 4.52 Å². The van der Waals surface area contributed by atoms with Crippen LogP contribution in [-0.4, -0.2) is 32.1 Å². The van der Waals surface area contributed by atoms with Crippen molar-refractivity contribution in [3.63, 3.8) is 0 Å². The summed E-state index contributed by atoms with van der Waals surface area (Å²) in [5.74, 6) is 1.00. The molecule has 0 aliphatic carbocycles. The number of rotatable bonds is 5. The zero-order valence-corrected chi connectivity index (χ0v) is 18.0. The highest BCUT2D eigenvalue weighted by Crippen LogP contribution is 2.33. The molecular weight excluding hydrogens is 390 g/mol. The number of fused-ring (bicyclic) bond motifs is 1. The maximum absolute atomic E-state index is 12.7. The summed E-state index contributed by atoms with van der Waals surface area (Å²) in [6.45, 7) is 7.76. The number of hydrogen-bond acceptors (Lipinski definition) is 5. The van der Waals surface area contributed by atoms with Gasteiger partial charge >= 0.3 is 0 Å². The van der Waals surface area contributed by atoms with Crippen molar-refractivity contribution < 1.29 is 9.32 Å². The number of amides is 1.